The van der Waals surface area contributed by atoms with Gasteiger partial charge in [0.15, 0.2) is 0 Å². The van der Waals surface area contributed by atoms with Crippen molar-refractivity contribution in [3.05, 3.63) is 0 Å². The van der Waals surface area contributed by atoms with Crippen LogP contribution in [-0.4, -0.2) is 29.4 Å². The predicted molar refractivity (Wildman–Crippen MR) is 116 cm³/mol. The first-order valence-electron chi connectivity index (χ1n) is 11.6. The maximum absolute atomic E-state index is 11.6. The van der Waals surface area contributed by atoms with Crippen molar-refractivity contribution < 1.29 is 18.1 Å². The largest absolute Gasteiger partial charge is 0.392 e. The lowest BCUT2D eigenvalue weighted by atomic mass is 10.0. The Labute approximate surface area is 169 Å². The smallest absolute Gasteiger partial charge is 0.270 e. The summed E-state index contributed by atoms with van der Waals surface area (Å²) in [6, 6.07) is 0. The average molecular weight is 407 g/mol. The van der Waals surface area contributed by atoms with E-state index in [0.29, 0.717) is 12.8 Å². The van der Waals surface area contributed by atoms with Crippen LogP contribution in [-0.2, 0) is 10.1 Å². The molecule has 0 radical (unpaired) electrons. The van der Waals surface area contributed by atoms with Crippen LogP contribution in [0.25, 0.3) is 0 Å². The Balaban J connectivity index is 3.90. The van der Waals surface area contributed by atoms with E-state index in [1.165, 1.54) is 64.2 Å². The molecule has 0 aromatic carbocycles. The van der Waals surface area contributed by atoms with Gasteiger partial charge in [0.25, 0.3) is 10.1 Å². The van der Waals surface area contributed by atoms with Crippen LogP contribution in [0, 0.1) is 0 Å². The maximum atomic E-state index is 11.6. The number of rotatable bonds is 20. The molecule has 0 rings (SSSR count). The summed E-state index contributed by atoms with van der Waals surface area (Å²) in [5.74, 6) is 0. The minimum atomic E-state index is -4.18. The van der Waals surface area contributed by atoms with Gasteiger partial charge in [-0.15, -0.1) is 0 Å². The highest BCUT2D eigenvalue weighted by Crippen LogP contribution is 2.20. The molecule has 2 atom stereocenters. The molecule has 0 aliphatic rings. The van der Waals surface area contributed by atoms with E-state index in [-0.39, 0.29) is 0 Å². The number of hydrogen-bond donors (Lipinski definition) is 2. The van der Waals surface area contributed by atoms with Crippen LogP contribution in [0.4, 0.5) is 0 Å². The zero-order valence-electron chi connectivity index (χ0n) is 18.0. The van der Waals surface area contributed by atoms with Gasteiger partial charge < -0.3 is 5.11 Å². The summed E-state index contributed by atoms with van der Waals surface area (Å²) in [4.78, 5) is 0. The minimum Gasteiger partial charge on any atom is -0.392 e. The second-order valence-electron chi connectivity index (χ2n) is 8.15. The Morgan fingerprint density at radius 3 is 1.30 bits per heavy atom. The van der Waals surface area contributed by atoms with Crippen LogP contribution in [0.3, 0.4) is 0 Å². The maximum Gasteiger partial charge on any atom is 0.270 e. The normalized spacial score (nSPS) is 14.4. The van der Waals surface area contributed by atoms with Gasteiger partial charge in [-0.2, -0.15) is 8.42 Å². The third-order valence-electron chi connectivity index (χ3n) is 5.51. The van der Waals surface area contributed by atoms with E-state index in [9.17, 15) is 18.1 Å². The fraction of sp³-hybridized carbons (Fsp3) is 1.00. The van der Waals surface area contributed by atoms with Gasteiger partial charge in [-0.25, -0.2) is 0 Å². The van der Waals surface area contributed by atoms with E-state index >= 15 is 0 Å². The number of unbranched alkanes of at least 4 members (excludes halogenated alkanes) is 14. The highest BCUT2D eigenvalue weighted by molar-refractivity contribution is 7.86. The first kappa shape index (κ1) is 26.9. The monoisotopic (exact) mass is 406 g/mol. The van der Waals surface area contributed by atoms with Gasteiger partial charge in [0.05, 0.1) is 6.10 Å². The number of hydrogen-bond acceptors (Lipinski definition) is 3. The van der Waals surface area contributed by atoms with Crippen molar-refractivity contribution in [1.82, 2.24) is 0 Å². The van der Waals surface area contributed by atoms with Crippen LogP contribution < -0.4 is 0 Å². The third-order valence-corrected chi connectivity index (χ3v) is 6.82. The molecule has 2 unspecified atom stereocenters. The van der Waals surface area contributed by atoms with Crippen molar-refractivity contribution in [2.75, 3.05) is 0 Å². The third kappa shape index (κ3) is 16.5. The highest BCUT2D eigenvalue weighted by Gasteiger charge is 2.29. The number of aliphatic hydroxyl groups excluding tert-OH is 1. The van der Waals surface area contributed by atoms with Crippen molar-refractivity contribution in [1.29, 1.82) is 0 Å². The van der Waals surface area contributed by atoms with Gasteiger partial charge in [-0.3, -0.25) is 4.55 Å². The molecule has 0 spiro atoms. The van der Waals surface area contributed by atoms with Crippen LogP contribution >= 0.6 is 0 Å². The molecule has 0 aliphatic heterocycles. The van der Waals surface area contributed by atoms with Crippen LogP contribution in [0.15, 0.2) is 0 Å². The van der Waals surface area contributed by atoms with Crippen molar-refractivity contribution in [3.63, 3.8) is 0 Å². The fourth-order valence-electron chi connectivity index (χ4n) is 3.69. The molecule has 0 bridgehead atoms. The molecule has 5 heteroatoms. The first-order chi connectivity index (χ1) is 12.9. The van der Waals surface area contributed by atoms with E-state index in [1.807, 2.05) is 0 Å². The fourth-order valence-corrected chi connectivity index (χ4v) is 4.69. The predicted octanol–water partition coefficient (Wildman–Crippen LogP) is 6.67. The average Bonchev–Trinajstić information content (AvgIpc) is 2.61. The molecule has 0 aromatic heterocycles. The molecule has 0 aliphatic carbocycles. The van der Waals surface area contributed by atoms with E-state index < -0.39 is 21.5 Å². The number of aliphatic hydroxyl groups is 1. The summed E-state index contributed by atoms with van der Waals surface area (Å²) in [7, 11) is -4.18. The van der Waals surface area contributed by atoms with E-state index in [4.69, 9.17) is 0 Å². The van der Waals surface area contributed by atoms with Gasteiger partial charge in [-0.05, 0) is 12.8 Å². The Kier molecular flexibility index (Phi) is 17.8. The first-order valence-corrected chi connectivity index (χ1v) is 13.1. The van der Waals surface area contributed by atoms with E-state index in [1.54, 1.807) is 0 Å². The molecule has 2 N–H and O–H groups in total. The molecule has 0 saturated heterocycles. The summed E-state index contributed by atoms with van der Waals surface area (Å²) in [6.07, 6.45) is 18.3. The quantitative estimate of drug-likeness (QED) is 0.175. The molecule has 0 fully saturated rings. The Morgan fingerprint density at radius 2 is 0.926 bits per heavy atom. The summed E-state index contributed by atoms with van der Waals surface area (Å²) in [5, 5.41) is 9.26. The van der Waals surface area contributed by atoms with Gasteiger partial charge in [-0.1, -0.05) is 117 Å². The Morgan fingerprint density at radius 1 is 0.593 bits per heavy atom. The van der Waals surface area contributed by atoms with Crippen molar-refractivity contribution in [3.8, 4) is 0 Å². The standard InChI is InChI=1S/C22H46O4S/c1-3-5-7-9-11-12-14-16-18-20-22(27(24,25)26)21(23)19-17-15-13-10-8-6-4-2/h21-23H,3-20H2,1-2H3,(H,24,25,26). The minimum absolute atomic E-state index is 0.367. The highest BCUT2D eigenvalue weighted by atomic mass is 32.2. The van der Waals surface area contributed by atoms with Crippen LogP contribution in [0.2, 0.25) is 0 Å². The molecule has 27 heavy (non-hydrogen) atoms. The summed E-state index contributed by atoms with van der Waals surface area (Å²) in [5.41, 5.74) is 0. The summed E-state index contributed by atoms with van der Waals surface area (Å²) >= 11 is 0. The molecular formula is C22H46O4S. The van der Waals surface area contributed by atoms with Crippen LogP contribution in [0.5, 0.6) is 0 Å². The van der Waals surface area contributed by atoms with Gasteiger partial charge in [0.1, 0.15) is 5.25 Å². The molecule has 0 amide bonds. The van der Waals surface area contributed by atoms with Crippen LogP contribution in [0.1, 0.15) is 129 Å². The molecular weight excluding hydrogens is 360 g/mol. The summed E-state index contributed by atoms with van der Waals surface area (Å²) in [6.45, 7) is 4.41. The van der Waals surface area contributed by atoms with E-state index in [2.05, 4.69) is 13.8 Å². The Hall–Kier alpha value is -0.130. The molecule has 4 nitrogen and oxygen atoms in total. The van der Waals surface area contributed by atoms with Gasteiger partial charge in [0.2, 0.25) is 0 Å². The van der Waals surface area contributed by atoms with Gasteiger partial charge in [0, 0.05) is 0 Å². The molecule has 0 saturated carbocycles. The zero-order chi connectivity index (χ0) is 20.4. The lowest BCUT2D eigenvalue weighted by Crippen LogP contribution is -2.33. The van der Waals surface area contributed by atoms with Crippen molar-refractivity contribution in [2.24, 2.45) is 0 Å². The van der Waals surface area contributed by atoms with Gasteiger partial charge >= 0.3 is 0 Å². The van der Waals surface area contributed by atoms with E-state index in [0.717, 1.165) is 38.5 Å². The lowest BCUT2D eigenvalue weighted by Gasteiger charge is -2.20. The topological polar surface area (TPSA) is 74.6 Å². The molecule has 0 heterocycles. The lowest BCUT2D eigenvalue weighted by molar-refractivity contribution is 0.146. The van der Waals surface area contributed by atoms with Crippen molar-refractivity contribution in [2.45, 2.75) is 141 Å². The SMILES string of the molecule is CCCCCCCCCCCC(C(O)CCCCCCCCC)S(=O)(=O)O. The summed E-state index contributed by atoms with van der Waals surface area (Å²) < 4.78 is 32.8. The van der Waals surface area contributed by atoms with Crippen molar-refractivity contribution >= 4 is 10.1 Å². The second kappa shape index (κ2) is 17.9. The molecule has 164 valence electrons. The Bertz CT molecular complexity index is 409. The zero-order valence-corrected chi connectivity index (χ0v) is 18.8. The molecule has 0 aromatic rings. The second-order valence-corrected chi connectivity index (χ2v) is 9.78.